The molecule has 0 aliphatic rings. The van der Waals surface area contributed by atoms with Crippen LogP contribution < -0.4 is 11.1 Å². The molecule has 20 heavy (non-hydrogen) atoms. The first-order valence-corrected chi connectivity index (χ1v) is 5.86. The first-order chi connectivity index (χ1) is 9.60. The summed E-state index contributed by atoms with van der Waals surface area (Å²) in [5.74, 6) is 0.411. The van der Waals surface area contributed by atoms with Crippen molar-refractivity contribution < 1.29 is 14.1 Å². The number of halogens is 1. The number of oxime groups is 1. The van der Waals surface area contributed by atoms with E-state index in [0.717, 1.165) is 0 Å². The summed E-state index contributed by atoms with van der Waals surface area (Å²) >= 11 is 0. The van der Waals surface area contributed by atoms with Gasteiger partial charge in [-0.1, -0.05) is 16.4 Å². The molecule has 0 bridgehead atoms. The van der Waals surface area contributed by atoms with E-state index in [4.69, 9.17) is 15.5 Å². The van der Waals surface area contributed by atoms with Gasteiger partial charge in [-0.15, -0.1) is 0 Å². The zero-order chi connectivity index (χ0) is 14.5. The Labute approximate surface area is 114 Å². The van der Waals surface area contributed by atoms with E-state index in [9.17, 15) is 4.39 Å². The highest BCUT2D eigenvalue weighted by atomic mass is 19.1. The maximum Gasteiger partial charge on any atom is 0.240 e. The van der Waals surface area contributed by atoms with E-state index in [1.165, 1.54) is 12.1 Å². The van der Waals surface area contributed by atoms with E-state index in [-0.39, 0.29) is 5.84 Å². The van der Waals surface area contributed by atoms with Gasteiger partial charge in [-0.2, -0.15) is 4.98 Å². The number of benzene rings is 1. The Morgan fingerprint density at radius 1 is 1.50 bits per heavy atom. The molecular formula is C12H14FN5O2. The number of aromatic nitrogens is 2. The third-order valence-electron chi connectivity index (χ3n) is 2.62. The molecule has 0 saturated heterocycles. The van der Waals surface area contributed by atoms with Crippen molar-refractivity contribution >= 4 is 5.84 Å². The minimum atomic E-state index is -0.456. The lowest BCUT2D eigenvalue weighted by Crippen LogP contribution is -2.20. The van der Waals surface area contributed by atoms with E-state index in [1.54, 1.807) is 13.0 Å². The summed E-state index contributed by atoms with van der Waals surface area (Å²) in [6.07, 6.45) is 0. The van der Waals surface area contributed by atoms with Gasteiger partial charge >= 0.3 is 0 Å². The summed E-state index contributed by atoms with van der Waals surface area (Å²) in [4.78, 5) is 4.04. The number of rotatable bonds is 5. The zero-order valence-corrected chi connectivity index (χ0v) is 10.8. The van der Waals surface area contributed by atoms with Crippen LogP contribution in [0.4, 0.5) is 4.39 Å². The van der Waals surface area contributed by atoms with Crippen LogP contribution in [0.25, 0.3) is 0 Å². The standard InChI is InChI=1S/C12H14FN5O2/c1-7-16-11(20-18-7)6-15-5-8-2-3-9(13)4-10(8)12(14)17-19/h2-4,15,19H,5-6H2,1H3,(H2,14,17). The van der Waals surface area contributed by atoms with E-state index in [1.807, 2.05) is 0 Å². The maximum atomic E-state index is 13.2. The number of hydrogen-bond acceptors (Lipinski definition) is 6. The van der Waals surface area contributed by atoms with Crippen molar-refractivity contribution in [2.75, 3.05) is 0 Å². The van der Waals surface area contributed by atoms with Crippen LogP contribution in [0.15, 0.2) is 27.9 Å². The van der Waals surface area contributed by atoms with Crippen molar-refractivity contribution in [1.82, 2.24) is 15.5 Å². The molecule has 7 nitrogen and oxygen atoms in total. The van der Waals surface area contributed by atoms with Crippen molar-refractivity contribution in [3.05, 3.63) is 46.9 Å². The lowest BCUT2D eigenvalue weighted by atomic mass is 10.1. The van der Waals surface area contributed by atoms with Gasteiger partial charge in [-0.3, -0.25) is 0 Å². The van der Waals surface area contributed by atoms with Gasteiger partial charge in [0.1, 0.15) is 5.82 Å². The van der Waals surface area contributed by atoms with Crippen LogP contribution in [0.5, 0.6) is 0 Å². The largest absolute Gasteiger partial charge is 0.409 e. The summed E-state index contributed by atoms with van der Waals surface area (Å²) in [6, 6.07) is 4.08. The number of hydrogen-bond donors (Lipinski definition) is 3. The minimum Gasteiger partial charge on any atom is -0.409 e. The molecule has 1 heterocycles. The Hall–Kier alpha value is -2.48. The summed E-state index contributed by atoms with van der Waals surface area (Å²) in [7, 11) is 0. The average molecular weight is 279 g/mol. The highest BCUT2D eigenvalue weighted by Crippen LogP contribution is 2.11. The third-order valence-corrected chi connectivity index (χ3v) is 2.62. The first-order valence-electron chi connectivity index (χ1n) is 5.86. The number of nitrogens with zero attached hydrogens (tertiary/aromatic N) is 3. The fourth-order valence-electron chi connectivity index (χ4n) is 1.71. The second-order valence-corrected chi connectivity index (χ2v) is 4.13. The van der Waals surface area contributed by atoms with E-state index in [2.05, 4.69) is 20.6 Å². The van der Waals surface area contributed by atoms with Crippen LogP contribution in [0.1, 0.15) is 22.8 Å². The summed E-state index contributed by atoms with van der Waals surface area (Å²) in [5, 5.41) is 18.3. The normalized spacial score (nSPS) is 11.8. The van der Waals surface area contributed by atoms with Crippen LogP contribution in [0.2, 0.25) is 0 Å². The molecule has 0 amide bonds. The molecule has 106 valence electrons. The fourth-order valence-corrected chi connectivity index (χ4v) is 1.71. The molecule has 8 heteroatoms. The van der Waals surface area contributed by atoms with Gasteiger partial charge in [-0.05, 0) is 24.6 Å². The van der Waals surface area contributed by atoms with Crippen LogP contribution in [-0.4, -0.2) is 21.2 Å². The quantitative estimate of drug-likeness (QED) is 0.325. The highest BCUT2D eigenvalue weighted by Gasteiger charge is 2.09. The smallest absolute Gasteiger partial charge is 0.240 e. The molecular weight excluding hydrogens is 265 g/mol. The van der Waals surface area contributed by atoms with Crippen molar-refractivity contribution in [1.29, 1.82) is 0 Å². The van der Waals surface area contributed by atoms with Crippen LogP contribution >= 0.6 is 0 Å². The van der Waals surface area contributed by atoms with Gasteiger partial charge < -0.3 is 20.8 Å². The molecule has 0 unspecified atom stereocenters. The molecule has 0 aliphatic carbocycles. The molecule has 1 aromatic heterocycles. The predicted molar refractivity (Wildman–Crippen MR) is 68.5 cm³/mol. The molecule has 1 aromatic carbocycles. The van der Waals surface area contributed by atoms with Crippen LogP contribution in [-0.2, 0) is 13.1 Å². The second-order valence-electron chi connectivity index (χ2n) is 4.13. The molecule has 2 rings (SSSR count). The molecule has 0 fully saturated rings. The Kier molecular flexibility index (Phi) is 4.26. The molecule has 0 spiro atoms. The average Bonchev–Trinajstić information content (AvgIpc) is 2.85. The summed E-state index contributed by atoms with van der Waals surface area (Å²) in [6.45, 7) is 2.48. The van der Waals surface area contributed by atoms with E-state index in [0.29, 0.717) is 35.9 Å². The van der Waals surface area contributed by atoms with Crippen molar-refractivity contribution in [3.8, 4) is 0 Å². The highest BCUT2D eigenvalue weighted by molar-refractivity contribution is 5.98. The number of amidine groups is 1. The van der Waals surface area contributed by atoms with E-state index < -0.39 is 5.82 Å². The van der Waals surface area contributed by atoms with Gasteiger partial charge in [0.25, 0.3) is 0 Å². The van der Waals surface area contributed by atoms with Gasteiger partial charge in [-0.25, -0.2) is 4.39 Å². The fraction of sp³-hybridized carbons (Fsp3) is 0.250. The number of aryl methyl sites for hydroxylation is 1. The summed E-state index contributed by atoms with van der Waals surface area (Å²) < 4.78 is 18.1. The SMILES string of the molecule is Cc1noc(CNCc2ccc(F)cc2C(N)=NO)n1. The summed E-state index contributed by atoms with van der Waals surface area (Å²) in [5.41, 5.74) is 6.54. The maximum absolute atomic E-state index is 13.2. The van der Waals surface area contributed by atoms with Crippen LogP contribution in [0.3, 0.4) is 0 Å². The molecule has 0 aliphatic heterocycles. The molecule has 2 aromatic rings. The molecule has 0 saturated carbocycles. The van der Waals surface area contributed by atoms with Gasteiger partial charge in [0.15, 0.2) is 11.7 Å². The van der Waals surface area contributed by atoms with Crippen molar-refractivity contribution in [2.45, 2.75) is 20.0 Å². The molecule has 4 N–H and O–H groups in total. The topological polar surface area (TPSA) is 110 Å². The monoisotopic (exact) mass is 279 g/mol. The van der Waals surface area contributed by atoms with Crippen molar-refractivity contribution in [3.63, 3.8) is 0 Å². The lowest BCUT2D eigenvalue weighted by Gasteiger charge is -2.08. The Balaban J connectivity index is 2.05. The minimum absolute atomic E-state index is 0.144. The zero-order valence-electron chi connectivity index (χ0n) is 10.8. The third kappa shape index (κ3) is 3.29. The van der Waals surface area contributed by atoms with E-state index >= 15 is 0 Å². The van der Waals surface area contributed by atoms with Gasteiger partial charge in [0.05, 0.1) is 6.54 Å². The number of nitrogens with one attached hydrogen (secondary N) is 1. The Morgan fingerprint density at radius 2 is 2.30 bits per heavy atom. The van der Waals surface area contributed by atoms with Crippen molar-refractivity contribution in [2.24, 2.45) is 10.9 Å². The lowest BCUT2D eigenvalue weighted by molar-refractivity contribution is 0.318. The molecule has 0 radical (unpaired) electrons. The predicted octanol–water partition coefficient (Wildman–Crippen LogP) is 0.901. The van der Waals surface area contributed by atoms with Gasteiger partial charge in [0, 0.05) is 12.1 Å². The Morgan fingerprint density at radius 3 is 2.95 bits per heavy atom. The van der Waals surface area contributed by atoms with Gasteiger partial charge in [0.2, 0.25) is 5.89 Å². The van der Waals surface area contributed by atoms with Crippen LogP contribution in [0, 0.1) is 12.7 Å². The molecule has 0 atom stereocenters. The Bertz CT molecular complexity index is 626. The first kappa shape index (κ1) is 13.9. The second kappa shape index (κ2) is 6.11. The number of nitrogens with two attached hydrogens (primary N) is 1.